The number of methoxy groups -OCH3 is 2. The average Bonchev–Trinajstić information content (AvgIpc) is 2.43. The lowest BCUT2D eigenvalue weighted by atomic mass is 9.77. The molecular formula is C16H24O3. The minimum atomic E-state index is -0.592. The Balaban J connectivity index is 3.03. The number of hydrogen-bond donors (Lipinski definition) is 0. The van der Waals surface area contributed by atoms with Crippen molar-refractivity contribution in [2.45, 2.75) is 39.0 Å². The molecule has 0 aliphatic heterocycles. The zero-order valence-electron chi connectivity index (χ0n) is 12.5. The highest BCUT2D eigenvalue weighted by molar-refractivity contribution is 5.82. The largest absolute Gasteiger partial charge is 0.497 e. The van der Waals surface area contributed by atoms with Gasteiger partial charge in [-0.25, -0.2) is 0 Å². The number of ether oxygens (including phenoxy) is 2. The smallest absolute Gasteiger partial charge is 0.315 e. The van der Waals surface area contributed by atoms with Gasteiger partial charge in [0.15, 0.2) is 0 Å². The normalized spacial score (nSPS) is 14.0. The van der Waals surface area contributed by atoms with Crippen molar-refractivity contribution in [2.75, 3.05) is 14.2 Å². The van der Waals surface area contributed by atoms with E-state index in [0.717, 1.165) is 24.2 Å². The van der Waals surface area contributed by atoms with Crippen molar-refractivity contribution in [3.05, 3.63) is 29.8 Å². The highest BCUT2D eigenvalue weighted by atomic mass is 16.5. The Kier molecular flexibility index (Phi) is 5.40. The van der Waals surface area contributed by atoms with Crippen molar-refractivity contribution in [1.29, 1.82) is 0 Å². The Morgan fingerprint density at radius 2 is 1.79 bits per heavy atom. The Morgan fingerprint density at radius 1 is 1.21 bits per heavy atom. The third kappa shape index (κ3) is 3.72. The van der Waals surface area contributed by atoms with E-state index < -0.39 is 5.41 Å². The first-order chi connectivity index (χ1) is 8.93. The molecule has 0 heterocycles. The third-order valence-corrected chi connectivity index (χ3v) is 3.58. The number of carbonyl (C=O) groups excluding carboxylic acids is 1. The molecule has 0 N–H and O–H groups in total. The molecule has 3 heteroatoms. The van der Waals surface area contributed by atoms with Crippen LogP contribution in [0.15, 0.2) is 24.3 Å². The summed E-state index contributed by atoms with van der Waals surface area (Å²) in [5.41, 5.74) is 0.381. The predicted molar refractivity (Wildman–Crippen MR) is 76.4 cm³/mol. The van der Waals surface area contributed by atoms with Crippen LogP contribution in [0.2, 0.25) is 0 Å². The van der Waals surface area contributed by atoms with E-state index in [9.17, 15) is 4.79 Å². The molecule has 0 spiro atoms. The molecule has 0 saturated carbocycles. The molecule has 0 aromatic heterocycles. The summed E-state index contributed by atoms with van der Waals surface area (Å²) in [6.45, 7) is 6.26. The fourth-order valence-electron chi connectivity index (χ4n) is 2.13. The third-order valence-electron chi connectivity index (χ3n) is 3.58. The first-order valence-electron chi connectivity index (χ1n) is 6.67. The van der Waals surface area contributed by atoms with Crippen LogP contribution in [0, 0.1) is 5.92 Å². The van der Waals surface area contributed by atoms with Gasteiger partial charge in [0.05, 0.1) is 19.6 Å². The molecule has 0 bridgehead atoms. The number of carbonyl (C=O) groups is 1. The fraction of sp³-hybridized carbons (Fsp3) is 0.562. The monoisotopic (exact) mass is 264 g/mol. The van der Waals surface area contributed by atoms with Crippen LogP contribution in [0.5, 0.6) is 5.75 Å². The maximum atomic E-state index is 12.1. The van der Waals surface area contributed by atoms with Gasteiger partial charge in [0, 0.05) is 0 Å². The van der Waals surface area contributed by atoms with Crippen LogP contribution in [0.4, 0.5) is 0 Å². The molecule has 1 aromatic carbocycles. The number of benzene rings is 1. The van der Waals surface area contributed by atoms with Crippen LogP contribution in [-0.2, 0) is 14.9 Å². The van der Waals surface area contributed by atoms with Crippen molar-refractivity contribution < 1.29 is 14.3 Å². The first kappa shape index (κ1) is 15.5. The molecule has 0 aliphatic carbocycles. The topological polar surface area (TPSA) is 35.5 Å². The lowest BCUT2D eigenvalue weighted by Crippen LogP contribution is -2.34. The molecule has 1 atom stereocenters. The first-order valence-corrected chi connectivity index (χ1v) is 6.67. The molecule has 106 valence electrons. The van der Waals surface area contributed by atoms with Crippen molar-refractivity contribution in [2.24, 2.45) is 5.92 Å². The van der Waals surface area contributed by atoms with E-state index >= 15 is 0 Å². The van der Waals surface area contributed by atoms with Gasteiger partial charge >= 0.3 is 5.97 Å². The lowest BCUT2D eigenvalue weighted by molar-refractivity contribution is -0.147. The van der Waals surface area contributed by atoms with Crippen LogP contribution in [0.3, 0.4) is 0 Å². The Hall–Kier alpha value is -1.51. The van der Waals surface area contributed by atoms with E-state index in [1.165, 1.54) is 7.11 Å². The average molecular weight is 264 g/mol. The zero-order valence-corrected chi connectivity index (χ0v) is 12.5. The van der Waals surface area contributed by atoms with E-state index in [2.05, 4.69) is 13.8 Å². The van der Waals surface area contributed by atoms with Gasteiger partial charge in [0.2, 0.25) is 0 Å². The molecule has 19 heavy (non-hydrogen) atoms. The summed E-state index contributed by atoms with van der Waals surface area (Å²) in [7, 11) is 3.08. The zero-order chi connectivity index (χ0) is 14.5. The lowest BCUT2D eigenvalue weighted by Gasteiger charge is -2.28. The number of esters is 1. The number of hydrogen-bond acceptors (Lipinski definition) is 3. The second-order valence-electron chi connectivity index (χ2n) is 5.48. The van der Waals surface area contributed by atoms with Crippen LogP contribution in [0.1, 0.15) is 39.2 Å². The van der Waals surface area contributed by atoms with Gasteiger partial charge in [-0.2, -0.15) is 0 Å². The second kappa shape index (κ2) is 6.60. The van der Waals surface area contributed by atoms with Crippen molar-refractivity contribution in [1.82, 2.24) is 0 Å². The summed E-state index contributed by atoms with van der Waals surface area (Å²) in [5.74, 6) is 1.17. The molecule has 1 rings (SSSR count). The van der Waals surface area contributed by atoms with E-state index in [-0.39, 0.29) is 5.97 Å². The minimum absolute atomic E-state index is 0.182. The molecule has 0 amide bonds. The molecule has 1 aromatic rings. The minimum Gasteiger partial charge on any atom is -0.497 e. The summed E-state index contributed by atoms with van der Waals surface area (Å²) >= 11 is 0. The van der Waals surface area contributed by atoms with Crippen molar-refractivity contribution in [3.8, 4) is 5.75 Å². The summed E-state index contributed by atoms with van der Waals surface area (Å²) in [6, 6.07) is 7.64. The molecule has 0 radical (unpaired) electrons. The SMILES string of the molecule is COC(=O)C(C)(CCC(C)C)c1ccc(OC)cc1. The standard InChI is InChI=1S/C16H24O3/c1-12(2)10-11-16(3,15(17)19-5)13-6-8-14(18-4)9-7-13/h6-9,12H,10-11H2,1-5H3. The highest BCUT2D eigenvalue weighted by Crippen LogP contribution is 2.33. The van der Waals surface area contributed by atoms with Gasteiger partial charge in [0.1, 0.15) is 5.75 Å². The van der Waals surface area contributed by atoms with Crippen molar-refractivity contribution >= 4 is 5.97 Å². The van der Waals surface area contributed by atoms with Crippen molar-refractivity contribution in [3.63, 3.8) is 0 Å². The molecule has 0 aliphatic rings. The van der Waals surface area contributed by atoms with Gasteiger partial charge in [-0.15, -0.1) is 0 Å². The predicted octanol–water partition coefficient (Wildman–Crippen LogP) is 3.56. The molecule has 0 fully saturated rings. The van der Waals surface area contributed by atoms with Gasteiger partial charge in [-0.3, -0.25) is 4.79 Å². The van der Waals surface area contributed by atoms with Gasteiger partial charge in [-0.1, -0.05) is 26.0 Å². The summed E-state index contributed by atoms with van der Waals surface area (Å²) in [5, 5.41) is 0. The summed E-state index contributed by atoms with van der Waals surface area (Å²) in [4.78, 5) is 12.1. The second-order valence-corrected chi connectivity index (χ2v) is 5.48. The molecule has 0 saturated heterocycles. The molecule has 3 nitrogen and oxygen atoms in total. The van der Waals surface area contributed by atoms with E-state index in [4.69, 9.17) is 9.47 Å². The molecular weight excluding hydrogens is 240 g/mol. The summed E-state index contributed by atoms with van der Waals surface area (Å²) < 4.78 is 10.1. The Bertz CT molecular complexity index is 409. The maximum Gasteiger partial charge on any atom is 0.315 e. The van der Waals surface area contributed by atoms with Crippen LogP contribution in [-0.4, -0.2) is 20.2 Å². The quantitative estimate of drug-likeness (QED) is 0.737. The van der Waals surface area contributed by atoms with Crippen LogP contribution >= 0.6 is 0 Å². The van der Waals surface area contributed by atoms with E-state index in [1.54, 1.807) is 7.11 Å². The Morgan fingerprint density at radius 3 is 2.21 bits per heavy atom. The fourth-order valence-corrected chi connectivity index (χ4v) is 2.13. The summed E-state index contributed by atoms with van der Waals surface area (Å²) in [6.07, 6.45) is 1.77. The van der Waals surface area contributed by atoms with E-state index in [0.29, 0.717) is 5.92 Å². The van der Waals surface area contributed by atoms with Gasteiger partial charge in [0.25, 0.3) is 0 Å². The Labute approximate surface area is 115 Å². The van der Waals surface area contributed by atoms with Gasteiger partial charge in [-0.05, 0) is 43.4 Å². The number of rotatable bonds is 6. The molecule has 1 unspecified atom stereocenters. The maximum absolute atomic E-state index is 12.1. The van der Waals surface area contributed by atoms with E-state index in [1.807, 2.05) is 31.2 Å². The van der Waals surface area contributed by atoms with Crippen LogP contribution < -0.4 is 4.74 Å². The van der Waals surface area contributed by atoms with Crippen LogP contribution in [0.25, 0.3) is 0 Å². The highest BCUT2D eigenvalue weighted by Gasteiger charge is 2.36. The van der Waals surface area contributed by atoms with Gasteiger partial charge < -0.3 is 9.47 Å².